The fourth-order valence-electron chi connectivity index (χ4n) is 1.64. The molecule has 3 nitrogen and oxygen atoms in total. The number of hydrogen-bond donors (Lipinski definition) is 0. The van der Waals surface area contributed by atoms with E-state index in [1.165, 1.54) is 0 Å². The van der Waals surface area contributed by atoms with E-state index in [9.17, 15) is 0 Å². The predicted octanol–water partition coefficient (Wildman–Crippen LogP) is 2.07. The molecule has 0 heterocycles. The van der Waals surface area contributed by atoms with Crippen LogP contribution >= 0.6 is 0 Å². The molecule has 0 fully saturated rings. The Balaban J connectivity index is 3.59. The molecule has 0 aromatic heterocycles. The van der Waals surface area contributed by atoms with Crippen LogP contribution < -0.4 is 0 Å². The average Bonchev–Trinajstić information content (AvgIpc) is 2.17. The van der Waals surface area contributed by atoms with E-state index >= 15 is 0 Å². The van der Waals surface area contributed by atoms with Gasteiger partial charge in [0.25, 0.3) is 0 Å². The molecule has 0 N–H and O–H groups in total. The van der Waals surface area contributed by atoms with Crippen LogP contribution in [0.2, 0.25) is 0 Å². The molecule has 98 valence electrons. The van der Waals surface area contributed by atoms with Gasteiger partial charge in [0.05, 0.1) is 12.7 Å². The van der Waals surface area contributed by atoms with Crippen molar-refractivity contribution in [2.24, 2.45) is 0 Å². The molecule has 0 aromatic carbocycles. The second-order valence-corrected chi connectivity index (χ2v) is 4.95. The summed E-state index contributed by atoms with van der Waals surface area (Å²) in [6.07, 6.45) is 0.344. The van der Waals surface area contributed by atoms with E-state index in [0.29, 0.717) is 12.1 Å². The molecular weight excluding hydrogens is 200 g/mol. The smallest absolute Gasteiger partial charge is 0.0596 e. The topological polar surface area (TPSA) is 15.7 Å². The molecule has 0 aliphatic carbocycles. The van der Waals surface area contributed by atoms with Crippen molar-refractivity contribution >= 4 is 0 Å². The number of nitrogens with zero attached hydrogens (tertiary/aromatic N) is 2. The van der Waals surface area contributed by atoms with E-state index in [-0.39, 0.29) is 0 Å². The second-order valence-electron chi connectivity index (χ2n) is 4.95. The highest BCUT2D eigenvalue weighted by atomic mass is 16.5. The van der Waals surface area contributed by atoms with Gasteiger partial charge in [-0.1, -0.05) is 6.92 Å². The average molecular weight is 230 g/mol. The van der Waals surface area contributed by atoms with Crippen LogP contribution in [-0.4, -0.2) is 61.8 Å². The van der Waals surface area contributed by atoms with E-state index in [4.69, 9.17) is 4.74 Å². The van der Waals surface area contributed by atoms with Gasteiger partial charge in [-0.3, -0.25) is 4.90 Å². The van der Waals surface area contributed by atoms with Gasteiger partial charge in [-0.05, 0) is 41.3 Å². The summed E-state index contributed by atoms with van der Waals surface area (Å²) >= 11 is 0. The molecule has 0 aromatic rings. The van der Waals surface area contributed by atoms with Gasteiger partial charge in [0, 0.05) is 25.7 Å². The third-order valence-corrected chi connectivity index (χ3v) is 2.83. The van der Waals surface area contributed by atoms with E-state index in [0.717, 1.165) is 32.8 Å². The Kier molecular flexibility index (Phi) is 8.90. The first-order valence-corrected chi connectivity index (χ1v) is 6.51. The molecule has 0 saturated carbocycles. The maximum Gasteiger partial charge on any atom is 0.0596 e. The summed E-state index contributed by atoms with van der Waals surface area (Å²) in [5.74, 6) is 0. The Hall–Kier alpha value is -0.120. The fourth-order valence-corrected chi connectivity index (χ4v) is 1.64. The molecule has 0 atom stereocenters. The maximum absolute atomic E-state index is 5.54. The fraction of sp³-hybridized carbons (Fsp3) is 1.00. The van der Waals surface area contributed by atoms with Crippen molar-refractivity contribution in [3.05, 3.63) is 0 Å². The van der Waals surface area contributed by atoms with Gasteiger partial charge in [0.15, 0.2) is 0 Å². The largest absolute Gasteiger partial charge is 0.377 e. The Labute approximate surface area is 102 Å². The highest BCUT2D eigenvalue weighted by molar-refractivity contribution is 4.63. The zero-order valence-corrected chi connectivity index (χ0v) is 12.0. The zero-order valence-electron chi connectivity index (χ0n) is 12.0. The summed E-state index contributed by atoms with van der Waals surface area (Å²) in [4.78, 5) is 4.83. The van der Waals surface area contributed by atoms with Gasteiger partial charge in [0.1, 0.15) is 0 Å². The molecule has 3 heteroatoms. The first-order chi connectivity index (χ1) is 7.47. The van der Waals surface area contributed by atoms with Gasteiger partial charge in [-0.15, -0.1) is 0 Å². The van der Waals surface area contributed by atoms with Crippen molar-refractivity contribution in [2.75, 3.05) is 39.8 Å². The standard InChI is InChI=1S/C13H30N2O/c1-7-15(12(2)3)9-8-14(6)10-11-16-13(4)5/h12-13H,7-11H2,1-6H3. The van der Waals surface area contributed by atoms with Crippen LogP contribution in [0.15, 0.2) is 0 Å². The minimum absolute atomic E-state index is 0.344. The van der Waals surface area contributed by atoms with Crippen molar-refractivity contribution in [3.8, 4) is 0 Å². The summed E-state index contributed by atoms with van der Waals surface area (Å²) in [7, 11) is 2.16. The zero-order chi connectivity index (χ0) is 12.6. The highest BCUT2D eigenvalue weighted by Gasteiger charge is 2.07. The van der Waals surface area contributed by atoms with Crippen LogP contribution in [-0.2, 0) is 4.74 Å². The van der Waals surface area contributed by atoms with Crippen LogP contribution in [0.25, 0.3) is 0 Å². The van der Waals surface area contributed by atoms with Crippen LogP contribution in [0, 0.1) is 0 Å². The van der Waals surface area contributed by atoms with Gasteiger partial charge >= 0.3 is 0 Å². The summed E-state index contributed by atoms with van der Waals surface area (Å²) in [6, 6.07) is 0.644. The molecule has 16 heavy (non-hydrogen) atoms. The van der Waals surface area contributed by atoms with Crippen molar-refractivity contribution < 1.29 is 4.74 Å². The van der Waals surface area contributed by atoms with Crippen molar-refractivity contribution in [1.29, 1.82) is 0 Å². The molecule has 0 aliphatic heterocycles. The summed E-state index contributed by atoms with van der Waals surface area (Å²) in [5, 5.41) is 0. The molecule has 0 saturated heterocycles. The van der Waals surface area contributed by atoms with Crippen LogP contribution in [0.4, 0.5) is 0 Å². The van der Waals surface area contributed by atoms with Crippen LogP contribution in [0.1, 0.15) is 34.6 Å². The first kappa shape index (κ1) is 15.9. The lowest BCUT2D eigenvalue weighted by Gasteiger charge is -2.27. The van der Waals surface area contributed by atoms with E-state index in [1.807, 2.05) is 0 Å². The summed E-state index contributed by atoms with van der Waals surface area (Å²) < 4.78 is 5.54. The molecule has 0 radical (unpaired) electrons. The van der Waals surface area contributed by atoms with Gasteiger partial charge in [-0.25, -0.2) is 0 Å². The summed E-state index contributed by atoms with van der Waals surface area (Å²) in [5.41, 5.74) is 0. The number of hydrogen-bond acceptors (Lipinski definition) is 3. The lowest BCUT2D eigenvalue weighted by molar-refractivity contribution is 0.0614. The van der Waals surface area contributed by atoms with Crippen LogP contribution in [0.3, 0.4) is 0 Å². The molecule has 0 spiro atoms. The Morgan fingerprint density at radius 1 is 1.00 bits per heavy atom. The predicted molar refractivity (Wildman–Crippen MR) is 71.0 cm³/mol. The van der Waals surface area contributed by atoms with Crippen molar-refractivity contribution in [1.82, 2.24) is 9.80 Å². The van der Waals surface area contributed by atoms with Gasteiger partial charge < -0.3 is 9.64 Å². The van der Waals surface area contributed by atoms with Crippen molar-refractivity contribution in [3.63, 3.8) is 0 Å². The molecule has 0 aliphatic rings. The Morgan fingerprint density at radius 3 is 2.06 bits per heavy atom. The quantitative estimate of drug-likeness (QED) is 0.603. The first-order valence-electron chi connectivity index (χ1n) is 6.51. The third-order valence-electron chi connectivity index (χ3n) is 2.83. The maximum atomic E-state index is 5.54. The monoisotopic (exact) mass is 230 g/mol. The Bertz CT molecular complexity index is 160. The SMILES string of the molecule is CCN(CCN(C)CCOC(C)C)C(C)C. The highest BCUT2D eigenvalue weighted by Crippen LogP contribution is 1.97. The third kappa shape index (κ3) is 8.08. The minimum Gasteiger partial charge on any atom is -0.377 e. The normalized spacial score (nSPS) is 12.4. The number of likely N-dealkylation sites (N-methyl/N-ethyl adjacent to an activating group) is 2. The van der Waals surface area contributed by atoms with Crippen molar-refractivity contribution in [2.45, 2.75) is 46.8 Å². The molecule has 0 bridgehead atoms. The van der Waals surface area contributed by atoms with E-state index in [2.05, 4.69) is 51.5 Å². The second kappa shape index (κ2) is 8.97. The number of rotatable bonds is 9. The summed E-state index contributed by atoms with van der Waals surface area (Å²) in [6.45, 7) is 16.2. The Morgan fingerprint density at radius 2 is 1.62 bits per heavy atom. The van der Waals surface area contributed by atoms with Gasteiger partial charge in [-0.2, -0.15) is 0 Å². The number of ether oxygens (including phenoxy) is 1. The minimum atomic E-state index is 0.344. The molecule has 0 rings (SSSR count). The molecular formula is C13H30N2O. The van der Waals surface area contributed by atoms with Gasteiger partial charge in [0.2, 0.25) is 0 Å². The molecule has 0 unspecified atom stereocenters. The van der Waals surface area contributed by atoms with E-state index in [1.54, 1.807) is 0 Å². The van der Waals surface area contributed by atoms with E-state index < -0.39 is 0 Å². The molecule has 0 amide bonds. The van der Waals surface area contributed by atoms with Crippen LogP contribution in [0.5, 0.6) is 0 Å². The lowest BCUT2D eigenvalue weighted by atomic mass is 10.3. The lowest BCUT2D eigenvalue weighted by Crippen LogP contribution is -2.38.